The van der Waals surface area contributed by atoms with Crippen LogP contribution >= 0.6 is 0 Å². The lowest BCUT2D eigenvalue weighted by molar-refractivity contribution is 0.652. The smallest absolute Gasteiger partial charge is 0.188 e. The third kappa shape index (κ3) is 6.77. The van der Waals surface area contributed by atoms with Crippen LogP contribution in [0, 0.1) is 0 Å². The Bertz CT molecular complexity index is 475. The normalized spacial score (nSPS) is 16.0. The van der Waals surface area contributed by atoms with Gasteiger partial charge < -0.3 is 16.0 Å². The van der Waals surface area contributed by atoms with Gasteiger partial charge in [-0.05, 0) is 30.9 Å². The number of nitrogens with one attached hydrogen (secondary N) is 1. The van der Waals surface area contributed by atoms with E-state index in [1.165, 1.54) is 44.9 Å². The fraction of sp³-hybridized carbons (Fsp3) is 0.684. The minimum atomic E-state index is 0.531. The van der Waals surface area contributed by atoms with Crippen LogP contribution in [0.25, 0.3) is 0 Å². The highest BCUT2D eigenvalue weighted by Crippen LogP contribution is 2.17. The summed E-state index contributed by atoms with van der Waals surface area (Å²) < 4.78 is 0. The maximum atomic E-state index is 5.91. The van der Waals surface area contributed by atoms with Crippen LogP contribution in [0.1, 0.15) is 63.9 Å². The van der Waals surface area contributed by atoms with E-state index >= 15 is 0 Å². The van der Waals surface area contributed by atoms with Gasteiger partial charge in [-0.2, -0.15) is 0 Å². The Kier molecular flexibility index (Phi) is 8.42. The van der Waals surface area contributed by atoms with Crippen molar-refractivity contribution in [3.63, 3.8) is 0 Å². The van der Waals surface area contributed by atoms with Crippen molar-refractivity contribution in [3.05, 3.63) is 23.9 Å². The van der Waals surface area contributed by atoms with Crippen molar-refractivity contribution >= 4 is 11.8 Å². The van der Waals surface area contributed by atoms with Gasteiger partial charge in [0.25, 0.3) is 0 Å². The van der Waals surface area contributed by atoms with Crippen LogP contribution in [-0.4, -0.2) is 30.6 Å². The van der Waals surface area contributed by atoms with E-state index in [9.17, 15) is 0 Å². The van der Waals surface area contributed by atoms with Crippen LogP contribution in [-0.2, 0) is 6.54 Å². The molecule has 1 aromatic heterocycles. The third-order valence-corrected chi connectivity index (χ3v) is 4.51. The highest BCUT2D eigenvalue weighted by molar-refractivity contribution is 5.77. The lowest BCUT2D eigenvalue weighted by atomic mass is 10.2. The molecule has 1 aromatic rings. The second kappa shape index (κ2) is 10.9. The Hall–Kier alpha value is -1.78. The zero-order valence-corrected chi connectivity index (χ0v) is 15.1. The van der Waals surface area contributed by atoms with Crippen molar-refractivity contribution in [1.29, 1.82) is 0 Å². The van der Waals surface area contributed by atoms with Crippen molar-refractivity contribution in [1.82, 2.24) is 10.3 Å². The van der Waals surface area contributed by atoms with E-state index < -0.39 is 0 Å². The molecular weight excluding hydrogens is 298 g/mol. The molecule has 24 heavy (non-hydrogen) atoms. The molecule has 0 atom stereocenters. The number of rotatable bonds is 8. The number of guanidine groups is 1. The summed E-state index contributed by atoms with van der Waals surface area (Å²) in [4.78, 5) is 11.4. The zero-order chi connectivity index (χ0) is 17.0. The Labute approximate surface area is 146 Å². The first-order valence-corrected chi connectivity index (χ1v) is 9.53. The van der Waals surface area contributed by atoms with Gasteiger partial charge in [0.15, 0.2) is 5.96 Å². The van der Waals surface area contributed by atoms with Crippen LogP contribution in [0.5, 0.6) is 0 Å². The van der Waals surface area contributed by atoms with E-state index in [4.69, 9.17) is 5.73 Å². The number of pyridine rings is 1. The quantitative estimate of drug-likeness (QED) is 0.435. The third-order valence-electron chi connectivity index (χ3n) is 4.51. The molecule has 1 fully saturated rings. The van der Waals surface area contributed by atoms with E-state index in [1.807, 2.05) is 6.20 Å². The lowest BCUT2D eigenvalue weighted by Crippen LogP contribution is -2.32. The average molecular weight is 332 g/mol. The summed E-state index contributed by atoms with van der Waals surface area (Å²) in [7, 11) is 0. The molecule has 1 aliphatic rings. The second-order valence-corrected chi connectivity index (χ2v) is 6.61. The van der Waals surface area contributed by atoms with E-state index in [0.717, 1.165) is 37.4 Å². The number of aromatic nitrogens is 1. The fourth-order valence-corrected chi connectivity index (χ4v) is 3.00. The van der Waals surface area contributed by atoms with Gasteiger partial charge in [0.2, 0.25) is 0 Å². The molecular formula is C19H33N5. The number of aliphatic imine (C=N–C) groups is 1. The number of nitrogens with two attached hydrogens (primary N) is 1. The van der Waals surface area contributed by atoms with Crippen LogP contribution in [0.15, 0.2) is 23.3 Å². The van der Waals surface area contributed by atoms with E-state index in [-0.39, 0.29) is 0 Å². The number of unbranched alkanes of at least 4 members (excludes halogenated alkanes) is 3. The fourth-order valence-electron chi connectivity index (χ4n) is 3.00. The Morgan fingerprint density at radius 2 is 1.96 bits per heavy atom. The predicted octanol–water partition coefficient (Wildman–Crippen LogP) is 3.45. The van der Waals surface area contributed by atoms with Crippen molar-refractivity contribution in [2.24, 2.45) is 10.7 Å². The van der Waals surface area contributed by atoms with Crippen LogP contribution in [0.4, 0.5) is 5.82 Å². The van der Waals surface area contributed by atoms with Crippen LogP contribution in [0.2, 0.25) is 0 Å². The molecule has 2 rings (SSSR count). The second-order valence-electron chi connectivity index (χ2n) is 6.61. The van der Waals surface area contributed by atoms with Gasteiger partial charge in [-0.15, -0.1) is 0 Å². The molecule has 0 aliphatic carbocycles. The molecule has 0 saturated carbocycles. The molecule has 1 aliphatic heterocycles. The maximum absolute atomic E-state index is 5.91. The minimum absolute atomic E-state index is 0.531. The highest BCUT2D eigenvalue weighted by atomic mass is 15.2. The van der Waals surface area contributed by atoms with E-state index in [2.05, 4.69) is 39.2 Å². The zero-order valence-electron chi connectivity index (χ0n) is 15.1. The van der Waals surface area contributed by atoms with E-state index in [1.54, 1.807) is 0 Å². The molecule has 1 saturated heterocycles. The molecule has 0 amide bonds. The Morgan fingerprint density at radius 1 is 1.17 bits per heavy atom. The number of nitrogens with zero attached hydrogens (tertiary/aromatic N) is 3. The first-order valence-electron chi connectivity index (χ1n) is 9.53. The van der Waals surface area contributed by atoms with Gasteiger partial charge >= 0.3 is 0 Å². The first-order chi connectivity index (χ1) is 11.8. The van der Waals surface area contributed by atoms with Gasteiger partial charge in [-0.3, -0.25) is 0 Å². The Morgan fingerprint density at radius 3 is 2.62 bits per heavy atom. The first kappa shape index (κ1) is 18.6. The molecule has 0 aromatic carbocycles. The largest absolute Gasteiger partial charge is 0.370 e. The summed E-state index contributed by atoms with van der Waals surface area (Å²) in [5.74, 6) is 1.62. The SMILES string of the molecule is CCCCCCNC(N)=NCc1ccc(N2CCCCCC2)nc1. The highest BCUT2D eigenvalue weighted by Gasteiger charge is 2.10. The minimum Gasteiger partial charge on any atom is -0.370 e. The average Bonchev–Trinajstić information content (AvgIpc) is 2.90. The number of hydrogen-bond donors (Lipinski definition) is 2. The summed E-state index contributed by atoms with van der Waals surface area (Å²) in [6.07, 6.45) is 12.1. The standard InChI is InChI=1S/C19H33N5/c1-2-3-4-7-12-21-19(20)23-16-17-10-11-18(22-15-17)24-13-8-5-6-9-14-24/h10-11,15H,2-9,12-14,16H2,1H3,(H3,20,21,23). The van der Waals surface area contributed by atoms with Crippen molar-refractivity contribution < 1.29 is 0 Å². The van der Waals surface area contributed by atoms with Crippen LogP contribution < -0.4 is 16.0 Å². The molecule has 0 radical (unpaired) electrons. The van der Waals surface area contributed by atoms with Gasteiger partial charge in [0.05, 0.1) is 6.54 Å². The lowest BCUT2D eigenvalue weighted by Gasteiger charge is -2.21. The summed E-state index contributed by atoms with van der Waals surface area (Å²) >= 11 is 0. The molecule has 2 heterocycles. The molecule has 0 bridgehead atoms. The molecule has 134 valence electrons. The van der Waals surface area contributed by atoms with Crippen molar-refractivity contribution in [2.75, 3.05) is 24.5 Å². The molecule has 5 heteroatoms. The number of hydrogen-bond acceptors (Lipinski definition) is 3. The van der Waals surface area contributed by atoms with E-state index in [0.29, 0.717) is 12.5 Å². The predicted molar refractivity (Wildman–Crippen MR) is 102 cm³/mol. The molecule has 3 N–H and O–H groups in total. The maximum Gasteiger partial charge on any atom is 0.188 e. The summed E-state index contributed by atoms with van der Waals surface area (Å²) in [5.41, 5.74) is 7.01. The molecule has 0 unspecified atom stereocenters. The van der Waals surface area contributed by atoms with Gasteiger partial charge in [0, 0.05) is 25.8 Å². The van der Waals surface area contributed by atoms with Gasteiger partial charge in [-0.25, -0.2) is 9.98 Å². The van der Waals surface area contributed by atoms with Gasteiger partial charge in [0.1, 0.15) is 5.82 Å². The van der Waals surface area contributed by atoms with Crippen molar-refractivity contribution in [2.45, 2.75) is 64.8 Å². The molecule has 0 spiro atoms. The monoisotopic (exact) mass is 331 g/mol. The number of anilines is 1. The summed E-state index contributed by atoms with van der Waals surface area (Å²) in [6.45, 7) is 5.96. The molecule has 5 nitrogen and oxygen atoms in total. The summed E-state index contributed by atoms with van der Waals surface area (Å²) in [6, 6.07) is 4.23. The summed E-state index contributed by atoms with van der Waals surface area (Å²) in [5, 5.41) is 3.18. The Balaban J connectivity index is 1.75. The van der Waals surface area contributed by atoms with Crippen molar-refractivity contribution in [3.8, 4) is 0 Å². The van der Waals surface area contributed by atoms with Crippen LogP contribution in [0.3, 0.4) is 0 Å². The van der Waals surface area contributed by atoms with Gasteiger partial charge in [-0.1, -0.05) is 45.1 Å². The topological polar surface area (TPSA) is 66.5 Å².